The number of hydrogen-bond donors (Lipinski definition) is 4. The number of para-hydroxylation sites is 2. The number of benzene rings is 1. The van der Waals surface area contributed by atoms with Gasteiger partial charge >= 0.3 is 0 Å². The molecule has 142 valence electrons. The summed E-state index contributed by atoms with van der Waals surface area (Å²) in [7, 11) is 0. The number of aromatic nitrogens is 2. The zero-order valence-corrected chi connectivity index (χ0v) is 15.6. The van der Waals surface area contributed by atoms with Gasteiger partial charge in [-0.3, -0.25) is 9.59 Å². The number of imidazole rings is 1. The van der Waals surface area contributed by atoms with Gasteiger partial charge in [-0.2, -0.15) is 0 Å². The molecule has 0 aliphatic rings. The molecule has 8 nitrogen and oxygen atoms in total. The Labute approximate surface area is 156 Å². The summed E-state index contributed by atoms with van der Waals surface area (Å²) in [5, 5.41) is 24.3. The van der Waals surface area contributed by atoms with Gasteiger partial charge < -0.3 is 25.4 Å². The molecule has 0 unspecified atom stereocenters. The molecule has 0 aliphatic carbocycles. The Bertz CT molecular complexity index is 760. The van der Waals surface area contributed by atoms with E-state index in [0.717, 1.165) is 11.0 Å². The highest BCUT2D eigenvalue weighted by molar-refractivity contribution is 7.99. The van der Waals surface area contributed by atoms with Crippen molar-refractivity contribution in [2.24, 2.45) is 0 Å². The van der Waals surface area contributed by atoms with Gasteiger partial charge in [-0.05, 0) is 26.0 Å². The minimum absolute atomic E-state index is 0.0465. The molecule has 1 aromatic heterocycles. The van der Waals surface area contributed by atoms with Gasteiger partial charge in [-0.1, -0.05) is 23.9 Å². The molecule has 0 bridgehead atoms. The molecule has 0 fully saturated rings. The van der Waals surface area contributed by atoms with E-state index >= 15 is 0 Å². The van der Waals surface area contributed by atoms with Crippen molar-refractivity contribution in [3.05, 3.63) is 24.3 Å². The Morgan fingerprint density at radius 2 is 1.73 bits per heavy atom. The van der Waals surface area contributed by atoms with E-state index in [9.17, 15) is 19.8 Å². The quantitative estimate of drug-likeness (QED) is 0.459. The van der Waals surface area contributed by atoms with Crippen LogP contribution < -0.4 is 10.6 Å². The third-order valence-corrected chi connectivity index (χ3v) is 4.42. The summed E-state index contributed by atoms with van der Waals surface area (Å²) in [6.07, 6.45) is -1.23. The van der Waals surface area contributed by atoms with Gasteiger partial charge in [0, 0.05) is 13.1 Å². The molecule has 1 heterocycles. The Morgan fingerprint density at radius 1 is 1.12 bits per heavy atom. The average Bonchev–Trinajstić information content (AvgIpc) is 2.94. The first-order valence-electron chi connectivity index (χ1n) is 8.34. The first kappa shape index (κ1) is 20.2. The summed E-state index contributed by atoms with van der Waals surface area (Å²) in [5.41, 5.74) is 1.54. The number of nitrogens with zero attached hydrogens (tertiary/aromatic N) is 2. The summed E-state index contributed by atoms with van der Waals surface area (Å²) in [5.74, 6) is -0.326. The molecule has 0 saturated carbocycles. The number of nitrogens with one attached hydrogen (secondary N) is 2. The van der Waals surface area contributed by atoms with E-state index in [-0.39, 0.29) is 37.2 Å². The van der Waals surface area contributed by atoms with Crippen molar-refractivity contribution >= 4 is 34.6 Å². The standard InChI is InChI=1S/C17H24N4O4S/c1-11(22)7-18-15(24)9-21-14-6-4-3-5-13(14)20-17(21)26-10-16(25)19-8-12(2)23/h3-6,11-12,22-23H,7-10H2,1-2H3,(H,18,24)(H,19,25)/t11-,12-/m0/s1. The monoisotopic (exact) mass is 380 g/mol. The van der Waals surface area contributed by atoms with Crippen molar-refractivity contribution in [2.45, 2.75) is 37.8 Å². The van der Waals surface area contributed by atoms with E-state index in [2.05, 4.69) is 15.6 Å². The second-order valence-electron chi connectivity index (χ2n) is 6.06. The first-order chi connectivity index (χ1) is 12.4. The highest BCUT2D eigenvalue weighted by Crippen LogP contribution is 2.23. The van der Waals surface area contributed by atoms with Crippen LogP contribution in [0.5, 0.6) is 0 Å². The molecule has 2 rings (SSSR count). The third-order valence-electron chi connectivity index (χ3n) is 3.44. The smallest absolute Gasteiger partial charge is 0.240 e. The van der Waals surface area contributed by atoms with Gasteiger partial charge in [-0.15, -0.1) is 0 Å². The number of amides is 2. The largest absolute Gasteiger partial charge is 0.392 e. The van der Waals surface area contributed by atoms with Gasteiger partial charge in [0.25, 0.3) is 0 Å². The number of carbonyl (C=O) groups excluding carboxylic acids is 2. The Balaban J connectivity index is 2.10. The van der Waals surface area contributed by atoms with Crippen LogP contribution in [0.3, 0.4) is 0 Å². The summed E-state index contributed by atoms with van der Waals surface area (Å²) < 4.78 is 1.75. The molecule has 0 spiro atoms. The maximum absolute atomic E-state index is 12.1. The second kappa shape index (κ2) is 9.56. The molecular formula is C17H24N4O4S. The maximum atomic E-state index is 12.1. The lowest BCUT2D eigenvalue weighted by molar-refractivity contribution is -0.122. The van der Waals surface area contributed by atoms with Crippen molar-refractivity contribution in [3.8, 4) is 0 Å². The van der Waals surface area contributed by atoms with Crippen LogP contribution in [0.15, 0.2) is 29.4 Å². The molecule has 4 N–H and O–H groups in total. The summed E-state index contributed by atoms with van der Waals surface area (Å²) in [4.78, 5) is 28.5. The zero-order valence-electron chi connectivity index (χ0n) is 14.8. The predicted molar refractivity (Wildman–Crippen MR) is 99.8 cm³/mol. The number of aliphatic hydroxyl groups excluding tert-OH is 2. The zero-order chi connectivity index (χ0) is 19.1. The minimum Gasteiger partial charge on any atom is -0.392 e. The van der Waals surface area contributed by atoms with Gasteiger partial charge in [0.05, 0.1) is 29.0 Å². The highest BCUT2D eigenvalue weighted by atomic mass is 32.2. The highest BCUT2D eigenvalue weighted by Gasteiger charge is 2.15. The van der Waals surface area contributed by atoms with Crippen LogP contribution >= 0.6 is 11.8 Å². The fourth-order valence-corrected chi connectivity index (χ4v) is 3.06. The van der Waals surface area contributed by atoms with E-state index in [4.69, 9.17) is 0 Å². The van der Waals surface area contributed by atoms with Gasteiger partial charge in [0.15, 0.2) is 5.16 Å². The number of aliphatic hydroxyl groups is 2. The van der Waals surface area contributed by atoms with Crippen molar-refractivity contribution in [1.29, 1.82) is 0 Å². The van der Waals surface area contributed by atoms with E-state index in [0.29, 0.717) is 5.16 Å². The number of fused-ring (bicyclic) bond motifs is 1. The van der Waals surface area contributed by atoms with Crippen LogP contribution in [0.1, 0.15) is 13.8 Å². The van der Waals surface area contributed by atoms with Crippen LogP contribution in [-0.2, 0) is 16.1 Å². The summed E-state index contributed by atoms with van der Waals surface area (Å²) in [6.45, 7) is 3.61. The minimum atomic E-state index is -0.620. The molecule has 1 aromatic carbocycles. The fraction of sp³-hybridized carbons (Fsp3) is 0.471. The van der Waals surface area contributed by atoms with E-state index < -0.39 is 12.2 Å². The molecule has 0 aliphatic heterocycles. The summed E-state index contributed by atoms with van der Waals surface area (Å²) >= 11 is 1.23. The first-order valence-corrected chi connectivity index (χ1v) is 9.33. The molecule has 2 atom stereocenters. The lowest BCUT2D eigenvalue weighted by Crippen LogP contribution is -2.33. The van der Waals surface area contributed by atoms with Crippen LogP contribution in [0.2, 0.25) is 0 Å². The molecule has 9 heteroatoms. The molecular weight excluding hydrogens is 356 g/mol. The molecule has 0 saturated heterocycles. The molecule has 2 amide bonds. The summed E-state index contributed by atoms with van der Waals surface area (Å²) in [6, 6.07) is 7.42. The van der Waals surface area contributed by atoms with Gasteiger partial charge in [0.1, 0.15) is 6.54 Å². The molecule has 26 heavy (non-hydrogen) atoms. The Hall–Kier alpha value is -2.10. The lowest BCUT2D eigenvalue weighted by atomic mass is 10.3. The predicted octanol–water partition coefficient (Wildman–Crippen LogP) is 0.122. The van der Waals surface area contributed by atoms with Crippen molar-refractivity contribution in [3.63, 3.8) is 0 Å². The SMILES string of the molecule is C[C@H](O)CNC(=O)CSc1nc2ccccc2n1CC(=O)NC[C@H](C)O. The van der Waals surface area contributed by atoms with E-state index in [1.165, 1.54) is 11.8 Å². The van der Waals surface area contributed by atoms with Crippen molar-refractivity contribution < 1.29 is 19.8 Å². The van der Waals surface area contributed by atoms with E-state index in [1.807, 2.05) is 24.3 Å². The van der Waals surface area contributed by atoms with Crippen LogP contribution in [0, 0.1) is 0 Å². The van der Waals surface area contributed by atoms with Crippen LogP contribution in [0.25, 0.3) is 11.0 Å². The third kappa shape index (κ3) is 6.01. The topological polar surface area (TPSA) is 116 Å². The number of rotatable bonds is 9. The van der Waals surface area contributed by atoms with Crippen molar-refractivity contribution in [1.82, 2.24) is 20.2 Å². The van der Waals surface area contributed by atoms with Crippen LogP contribution in [0.4, 0.5) is 0 Å². The number of hydrogen-bond acceptors (Lipinski definition) is 6. The molecule has 2 aromatic rings. The van der Waals surface area contributed by atoms with Gasteiger partial charge in [0.2, 0.25) is 11.8 Å². The van der Waals surface area contributed by atoms with E-state index in [1.54, 1.807) is 18.4 Å². The number of carbonyl (C=O) groups is 2. The molecule has 0 radical (unpaired) electrons. The Kier molecular flexibility index (Phi) is 7.43. The van der Waals surface area contributed by atoms with Gasteiger partial charge in [-0.25, -0.2) is 4.98 Å². The Morgan fingerprint density at radius 3 is 2.38 bits per heavy atom. The second-order valence-corrected chi connectivity index (χ2v) is 7.01. The lowest BCUT2D eigenvalue weighted by Gasteiger charge is -2.11. The van der Waals surface area contributed by atoms with Crippen LogP contribution in [-0.4, -0.2) is 62.6 Å². The average molecular weight is 380 g/mol. The van der Waals surface area contributed by atoms with Crippen molar-refractivity contribution in [2.75, 3.05) is 18.8 Å². The maximum Gasteiger partial charge on any atom is 0.240 e. The fourth-order valence-electron chi connectivity index (χ4n) is 2.22. The number of thioether (sulfide) groups is 1. The normalized spacial score (nSPS) is 13.4.